The Morgan fingerprint density at radius 3 is 2.53 bits per heavy atom. The topological polar surface area (TPSA) is 96.5 Å². The van der Waals surface area contributed by atoms with E-state index < -0.39 is 6.03 Å². The van der Waals surface area contributed by atoms with Gasteiger partial charge in [-0.2, -0.15) is 0 Å². The summed E-state index contributed by atoms with van der Waals surface area (Å²) in [5, 5.41) is 3.99. The molecule has 0 saturated carbocycles. The minimum absolute atomic E-state index is 0.0603. The molecule has 34 heavy (non-hydrogen) atoms. The van der Waals surface area contributed by atoms with Crippen LogP contribution in [0.3, 0.4) is 0 Å². The molecule has 0 aliphatic rings. The highest BCUT2D eigenvalue weighted by atomic mass is 35.5. The Bertz CT molecular complexity index is 1370. The van der Waals surface area contributed by atoms with Crippen LogP contribution in [0.4, 0.5) is 10.5 Å². The number of carbonyl (C=O) groups excluding carboxylic acids is 1. The fourth-order valence-corrected chi connectivity index (χ4v) is 3.75. The molecule has 2 aromatic heterocycles. The molecule has 0 radical (unpaired) electrons. The molecular formula is C25H23ClN4O4. The molecule has 174 valence electrons. The number of aromatic nitrogens is 2. The van der Waals surface area contributed by atoms with Crippen LogP contribution in [-0.2, 0) is 13.1 Å². The van der Waals surface area contributed by atoms with E-state index in [-0.39, 0.29) is 18.6 Å². The van der Waals surface area contributed by atoms with E-state index in [1.54, 1.807) is 68.0 Å². The molecule has 0 saturated heterocycles. The summed E-state index contributed by atoms with van der Waals surface area (Å²) in [6.45, 7) is 0.304. The quantitative estimate of drug-likeness (QED) is 0.396. The van der Waals surface area contributed by atoms with Crippen molar-refractivity contribution < 1.29 is 14.3 Å². The first-order valence-corrected chi connectivity index (χ1v) is 10.8. The number of nitrogens with one attached hydrogen (secondary N) is 2. The van der Waals surface area contributed by atoms with E-state index in [0.29, 0.717) is 33.3 Å². The van der Waals surface area contributed by atoms with Gasteiger partial charge in [0.05, 0.1) is 37.0 Å². The summed E-state index contributed by atoms with van der Waals surface area (Å²) in [5.41, 5.74) is 2.01. The Hall–Kier alpha value is -4.04. The Labute approximate surface area is 201 Å². The number of anilines is 1. The highest BCUT2D eigenvalue weighted by Gasteiger charge is 2.19. The van der Waals surface area contributed by atoms with Gasteiger partial charge in [0.15, 0.2) is 11.5 Å². The molecule has 0 aliphatic carbocycles. The highest BCUT2D eigenvalue weighted by molar-refractivity contribution is 6.33. The molecule has 4 rings (SSSR count). The van der Waals surface area contributed by atoms with E-state index in [2.05, 4.69) is 15.3 Å². The van der Waals surface area contributed by atoms with Gasteiger partial charge in [-0.05, 0) is 35.9 Å². The number of methoxy groups -OCH3 is 2. The second-order valence-electron chi connectivity index (χ2n) is 7.55. The van der Waals surface area contributed by atoms with Gasteiger partial charge in [-0.25, -0.2) is 4.79 Å². The van der Waals surface area contributed by atoms with Crippen LogP contribution >= 0.6 is 11.6 Å². The first-order chi connectivity index (χ1) is 16.5. The van der Waals surface area contributed by atoms with Crippen molar-refractivity contribution in [1.29, 1.82) is 0 Å². The van der Waals surface area contributed by atoms with Crippen molar-refractivity contribution in [3.63, 3.8) is 0 Å². The van der Waals surface area contributed by atoms with Gasteiger partial charge in [-0.3, -0.25) is 9.78 Å². The number of halogens is 1. The Morgan fingerprint density at radius 2 is 1.82 bits per heavy atom. The number of benzene rings is 2. The van der Waals surface area contributed by atoms with Crippen LogP contribution in [0, 0.1) is 0 Å². The second kappa shape index (κ2) is 10.3. The number of rotatable bonds is 7. The molecule has 0 bridgehead atoms. The van der Waals surface area contributed by atoms with Crippen LogP contribution < -0.4 is 20.3 Å². The zero-order valence-electron chi connectivity index (χ0n) is 18.7. The summed E-state index contributed by atoms with van der Waals surface area (Å²) >= 11 is 6.22. The van der Waals surface area contributed by atoms with Gasteiger partial charge in [0.25, 0.3) is 5.56 Å². The van der Waals surface area contributed by atoms with E-state index >= 15 is 0 Å². The summed E-state index contributed by atoms with van der Waals surface area (Å²) in [4.78, 5) is 34.6. The number of pyridine rings is 2. The van der Waals surface area contributed by atoms with Gasteiger partial charge >= 0.3 is 6.03 Å². The van der Waals surface area contributed by atoms with Gasteiger partial charge in [0.2, 0.25) is 0 Å². The molecule has 2 aromatic carbocycles. The summed E-state index contributed by atoms with van der Waals surface area (Å²) in [5.74, 6) is 1.05. The van der Waals surface area contributed by atoms with Gasteiger partial charge in [0, 0.05) is 36.0 Å². The van der Waals surface area contributed by atoms with E-state index in [4.69, 9.17) is 21.1 Å². The summed E-state index contributed by atoms with van der Waals surface area (Å²) < 4.78 is 10.7. The van der Waals surface area contributed by atoms with Crippen LogP contribution in [0.2, 0.25) is 5.02 Å². The number of amides is 2. The third-order valence-corrected chi connectivity index (χ3v) is 5.61. The molecular weight excluding hydrogens is 456 g/mol. The molecule has 0 spiro atoms. The predicted octanol–water partition coefficient (Wildman–Crippen LogP) is 4.83. The molecule has 0 fully saturated rings. The highest BCUT2D eigenvalue weighted by Crippen LogP contribution is 2.31. The number of hydrogen-bond donors (Lipinski definition) is 2. The summed E-state index contributed by atoms with van der Waals surface area (Å²) in [6, 6.07) is 15.5. The lowest BCUT2D eigenvalue weighted by atomic mass is 10.1. The first-order valence-electron chi connectivity index (χ1n) is 10.5. The zero-order chi connectivity index (χ0) is 24.1. The summed E-state index contributed by atoms with van der Waals surface area (Å²) in [6.07, 6.45) is 3.34. The number of nitrogens with zero attached hydrogens (tertiary/aromatic N) is 2. The molecule has 8 nitrogen and oxygen atoms in total. The number of urea groups is 1. The minimum Gasteiger partial charge on any atom is -0.493 e. The van der Waals surface area contributed by atoms with Gasteiger partial charge in [-0.15, -0.1) is 0 Å². The molecule has 2 amide bonds. The summed E-state index contributed by atoms with van der Waals surface area (Å²) in [7, 11) is 3.08. The van der Waals surface area contributed by atoms with Crippen molar-refractivity contribution in [3.05, 3.63) is 93.5 Å². The van der Waals surface area contributed by atoms with Gasteiger partial charge in [-0.1, -0.05) is 29.8 Å². The maximum absolute atomic E-state index is 13.2. The SMILES string of the molecule is COc1cc2cc(CN(Cc3cccnc3)C(=O)Nc3ccccc3Cl)c(=O)[nH]c2cc1OC. The van der Waals surface area contributed by atoms with Gasteiger partial charge < -0.3 is 24.7 Å². The van der Waals surface area contributed by atoms with Gasteiger partial charge in [0.1, 0.15) is 0 Å². The number of ether oxygens (including phenoxy) is 2. The van der Waals surface area contributed by atoms with E-state index in [1.165, 1.54) is 12.0 Å². The standard InChI is InChI=1S/C25H23ClN4O4/c1-33-22-11-17-10-18(24(31)28-21(17)12-23(22)34-2)15-30(14-16-6-5-9-27-13-16)25(32)29-20-8-4-3-7-19(20)26/h3-13H,14-15H2,1-2H3,(H,28,31)(H,29,32). The Morgan fingerprint density at radius 1 is 1.06 bits per heavy atom. The smallest absolute Gasteiger partial charge is 0.322 e. The van der Waals surface area contributed by atoms with Crippen molar-refractivity contribution in [2.45, 2.75) is 13.1 Å². The molecule has 2 N–H and O–H groups in total. The van der Waals surface area contributed by atoms with E-state index in [1.807, 2.05) is 6.07 Å². The molecule has 9 heteroatoms. The van der Waals surface area contributed by atoms with Crippen LogP contribution in [0.5, 0.6) is 11.5 Å². The first kappa shape index (κ1) is 23.1. The number of carbonyl (C=O) groups is 1. The number of aromatic amines is 1. The average molecular weight is 479 g/mol. The van der Waals surface area contributed by atoms with E-state index in [9.17, 15) is 9.59 Å². The number of H-pyrrole nitrogens is 1. The largest absolute Gasteiger partial charge is 0.493 e. The lowest BCUT2D eigenvalue weighted by Crippen LogP contribution is -2.35. The van der Waals surface area contributed by atoms with Crippen LogP contribution in [-0.4, -0.2) is 35.1 Å². The fraction of sp³-hybridized carbons (Fsp3) is 0.160. The fourth-order valence-electron chi connectivity index (χ4n) is 3.57. The molecule has 4 aromatic rings. The third kappa shape index (κ3) is 5.13. The normalized spacial score (nSPS) is 10.7. The third-order valence-electron chi connectivity index (χ3n) is 5.29. The van der Waals surface area contributed by atoms with Crippen molar-refractivity contribution >= 4 is 34.2 Å². The van der Waals surface area contributed by atoms with Crippen LogP contribution in [0.1, 0.15) is 11.1 Å². The molecule has 0 aliphatic heterocycles. The monoisotopic (exact) mass is 478 g/mol. The van der Waals surface area contributed by atoms with Crippen molar-refractivity contribution in [2.24, 2.45) is 0 Å². The number of fused-ring (bicyclic) bond motifs is 1. The lowest BCUT2D eigenvalue weighted by Gasteiger charge is -2.23. The van der Waals surface area contributed by atoms with Crippen molar-refractivity contribution in [1.82, 2.24) is 14.9 Å². The van der Waals surface area contributed by atoms with Crippen LogP contribution in [0.25, 0.3) is 10.9 Å². The maximum Gasteiger partial charge on any atom is 0.322 e. The lowest BCUT2D eigenvalue weighted by molar-refractivity contribution is 0.206. The molecule has 2 heterocycles. The van der Waals surface area contributed by atoms with Crippen molar-refractivity contribution in [3.8, 4) is 11.5 Å². The van der Waals surface area contributed by atoms with E-state index in [0.717, 1.165) is 10.9 Å². The van der Waals surface area contributed by atoms with Crippen molar-refractivity contribution in [2.75, 3.05) is 19.5 Å². The molecule has 0 unspecified atom stereocenters. The average Bonchev–Trinajstić information content (AvgIpc) is 2.85. The Balaban J connectivity index is 1.68. The molecule has 0 atom stereocenters. The maximum atomic E-state index is 13.2. The Kier molecular flexibility index (Phi) is 6.98. The minimum atomic E-state index is -0.399. The predicted molar refractivity (Wildman–Crippen MR) is 132 cm³/mol. The second-order valence-corrected chi connectivity index (χ2v) is 7.95. The number of para-hydroxylation sites is 1. The number of hydrogen-bond acceptors (Lipinski definition) is 5. The van der Waals surface area contributed by atoms with Crippen LogP contribution in [0.15, 0.2) is 71.8 Å². The zero-order valence-corrected chi connectivity index (χ0v) is 19.4.